The van der Waals surface area contributed by atoms with Crippen molar-refractivity contribution < 1.29 is 32.3 Å². The lowest BCUT2D eigenvalue weighted by atomic mass is 9.97. The zero-order valence-electron chi connectivity index (χ0n) is 14.7. The van der Waals surface area contributed by atoms with Gasteiger partial charge in [0.15, 0.2) is 0 Å². The van der Waals surface area contributed by atoms with E-state index in [4.69, 9.17) is 16.3 Å². The quantitative estimate of drug-likeness (QED) is 0.344. The first-order chi connectivity index (χ1) is 13.0. The van der Waals surface area contributed by atoms with Gasteiger partial charge in [-0.2, -0.15) is 18.1 Å². The topological polar surface area (TPSA) is 89.7 Å². The Morgan fingerprint density at radius 3 is 2.39 bits per heavy atom. The number of hydrogen-bond donors (Lipinski definition) is 1. The number of halogens is 4. The Morgan fingerprint density at radius 1 is 1.29 bits per heavy atom. The molecule has 1 unspecified atom stereocenters. The number of hydrogen-bond acceptors (Lipinski definition) is 4. The Hall–Kier alpha value is -2.22. The third kappa shape index (κ3) is 4.79. The van der Waals surface area contributed by atoms with Gasteiger partial charge in [0.25, 0.3) is 0 Å². The monoisotopic (exact) mass is 436 g/mol. The molecule has 28 heavy (non-hydrogen) atoms. The van der Waals surface area contributed by atoms with Gasteiger partial charge in [-0.05, 0) is 35.1 Å². The van der Waals surface area contributed by atoms with Gasteiger partial charge in [-0.1, -0.05) is 25.4 Å². The van der Waals surface area contributed by atoms with Gasteiger partial charge in [0.1, 0.15) is 11.5 Å². The molecule has 0 aromatic heterocycles. The lowest BCUT2D eigenvalue weighted by Gasteiger charge is -2.16. The van der Waals surface area contributed by atoms with Crippen LogP contribution >= 0.6 is 19.6 Å². The fourth-order valence-corrected chi connectivity index (χ4v) is 3.23. The molecule has 0 radical (unpaired) electrons. The van der Waals surface area contributed by atoms with Crippen molar-refractivity contribution in [3.05, 3.63) is 56.6 Å². The second-order valence-electron chi connectivity index (χ2n) is 5.96. The van der Waals surface area contributed by atoms with E-state index in [2.05, 4.69) is 0 Å². The maximum Gasteiger partial charge on any atom is 0.553 e. The fourth-order valence-electron chi connectivity index (χ4n) is 2.45. The molecular formula is C17H15ClF3NO5P+. The lowest BCUT2D eigenvalue weighted by molar-refractivity contribution is -0.383. The third-order valence-corrected chi connectivity index (χ3v) is 5.20. The number of nitro groups is 1. The molecular weight excluding hydrogens is 422 g/mol. The number of nitrogens with zero attached hydrogens (tertiary/aromatic N) is 1. The van der Waals surface area contributed by atoms with E-state index < -0.39 is 35.7 Å². The van der Waals surface area contributed by atoms with Crippen LogP contribution in [0.2, 0.25) is 5.02 Å². The van der Waals surface area contributed by atoms with Crippen LogP contribution in [0.5, 0.6) is 11.5 Å². The summed E-state index contributed by atoms with van der Waals surface area (Å²) in [5.74, 6) is -0.339. The molecule has 11 heteroatoms. The highest BCUT2D eigenvalue weighted by Gasteiger charge is 2.34. The smallest absolute Gasteiger partial charge is 0.455 e. The van der Waals surface area contributed by atoms with E-state index in [1.165, 1.54) is 0 Å². The van der Waals surface area contributed by atoms with Gasteiger partial charge in [0.05, 0.1) is 15.5 Å². The van der Waals surface area contributed by atoms with Crippen LogP contribution in [-0.2, 0) is 10.7 Å². The zero-order valence-corrected chi connectivity index (χ0v) is 16.3. The predicted octanol–water partition coefficient (Wildman–Crippen LogP) is 5.93. The standard InChI is InChI=1S/C17H14ClF3NO5P/c1-3-9(2)11-7-13(22(23)24)16(28(25)26)8-15(11)27-14-5-4-10(6-12(14)18)17(19,20)21/h4-9H,3H2,1-2H3/p+1/t9-/m0/s1. The molecule has 0 amide bonds. The summed E-state index contributed by atoms with van der Waals surface area (Å²) in [5.41, 5.74) is -1.13. The normalized spacial score (nSPS) is 13.2. The molecule has 0 fully saturated rings. The Labute approximate surface area is 163 Å². The molecule has 0 heterocycles. The summed E-state index contributed by atoms with van der Waals surface area (Å²) in [4.78, 5) is 19.9. The largest absolute Gasteiger partial charge is 0.553 e. The molecule has 0 spiro atoms. The predicted molar refractivity (Wildman–Crippen MR) is 97.8 cm³/mol. The van der Waals surface area contributed by atoms with Crippen molar-refractivity contribution in [2.24, 2.45) is 0 Å². The van der Waals surface area contributed by atoms with Crippen molar-refractivity contribution >= 4 is 30.6 Å². The molecule has 2 aromatic carbocycles. The van der Waals surface area contributed by atoms with Gasteiger partial charge in [0, 0.05) is 17.7 Å². The first-order valence-electron chi connectivity index (χ1n) is 7.98. The lowest BCUT2D eigenvalue weighted by Crippen LogP contribution is -2.09. The molecule has 0 aliphatic rings. The molecule has 2 aromatic rings. The van der Waals surface area contributed by atoms with E-state index in [1.807, 2.05) is 6.92 Å². The van der Waals surface area contributed by atoms with Crippen molar-refractivity contribution in [3.63, 3.8) is 0 Å². The minimum Gasteiger partial charge on any atom is -0.455 e. The minimum atomic E-state index is -4.58. The molecule has 0 saturated carbocycles. The van der Waals surface area contributed by atoms with Gasteiger partial charge in [-0.3, -0.25) is 10.1 Å². The van der Waals surface area contributed by atoms with E-state index >= 15 is 0 Å². The molecule has 2 rings (SSSR count). The highest BCUT2D eigenvalue weighted by molar-refractivity contribution is 7.47. The van der Waals surface area contributed by atoms with Crippen molar-refractivity contribution in [1.82, 2.24) is 0 Å². The number of rotatable bonds is 6. The van der Waals surface area contributed by atoms with E-state index in [9.17, 15) is 32.7 Å². The molecule has 0 aliphatic carbocycles. The summed E-state index contributed by atoms with van der Waals surface area (Å²) in [6.07, 6.45) is -4.02. The number of benzene rings is 2. The Kier molecular flexibility index (Phi) is 6.64. The molecule has 0 bridgehead atoms. The molecule has 1 N–H and O–H groups in total. The van der Waals surface area contributed by atoms with Crippen molar-refractivity contribution in [2.75, 3.05) is 0 Å². The van der Waals surface area contributed by atoms with E-state index in [0.29, 0.717) is 18.1 Å². The van der Waals surface area contributed by atoms with E-state index in [-0.39, 0.29) is 22.4 Å². The summed E-state index contributed by atoms with van der Waals surface area (Å²) in [7, 11) is -3.06. The van der Waals surface area contributed by atoms with Gasteiger partial charge < -0.3 is 4.74 Å². The number of alkyl halides is 3. The summed E-state index contributed by atoms with van der Waals surface area (Å²) in [6.45, 7) is 3.59. The van der Waals surface area contributed by atoms with Crippen LogP contribution in [0.4, 0.5) is 18.9 Å². The van der Waals surface area contributed by atoms with Crippen LogP contribution in [0.25, 0.3) is 0 Å². The van der Waals surface area contributed by atoms with Crippen LogP contribution in [0.1, 0.15) is 37.3 Å². The van der Waals surface area contributed by atoms with Crippen LogP contribution in [0.15, 0.2) is 30.3 Å². The maximum atomic E-state index is 12.8. The van der Waals surface area contributed by atoms with Crippen LogP contribution in [0.3, 0.4) is 0 Å². The van der Waals surface area contributed by atoms with Crippen molar-refractivity contribution in [2.45, 2.75) is 32.4 Å². The summed E-state index contributed by atoms with van der Waals surface area (Å²) in [5, 5.41) is 10.5. The second-order valence-corrected chi connectivity index (χ2v) is 7.40. The number of nitro benzene ring substituents is 1. The summed E-state index contributed by atoms with van der Waals surface area (Å²) in [6, 6.07) is 4.68. The Bertz CT molecular complexity index is 936. The van der Waals surface area contributed by atoms with Crippen LogP contribution < -0.4 is 10.0 Å². The van der Waals surface area contributed by atoms with Gasteiger partial charge in [0.2, 0.25) is 0 Å². The van der Waals surface area contributed by atoms with Gasteiger partial charge >= 0.3 is 25.2 Å². The number of ether oxygens (including phenoxy) is 1. The first-order valence-corrected chi connectivity index (χ1v) is 9.57. The fraction of sp³-hybridized carbons (Fsp3) is 0.294. The SMILES string of the molecule is CC[C@H](C)c1cc([N+](=O)[O-])c([P+](=O)O)cc1Oc1ccc(C(F)(F)F)cc1Cl. The maximum absolute atomic E-state index is 12.8. The molecule has 6 nitrogen and oxygen atoms in total. The Morgan fingerprint density at radius 2 is 1.93 bits per heavy atom. The van der Waals surface area contributed by atoms with Crippen molar-refractivity contribution in [3.8, 4) is 11.5 Å². The first kappa shape index (κ1) is 22.1. The minimum absolute atomic E-state index is 0.00834. The molecule has 0 aliphatic heterocycles. The molecule has 150 valence electrons. The summed E-state index contributed by atoms with van der Waals surface area (Å²) >= 11 is 5.89. The van der Waals surface area contributed by atoms with Crippen LogP contribution in [0, 0.1) is 10.1 Å². The zero-order chi connectivity index (χ0) is 21.2. The molecule has 2 atom stereocenters. The third-order valence-electron chi connectivity index (χ3n) is 4.13. The Balaban J connectivity index is 2.59. The van der Waals surface area contributed by atoms with Gasteiger partial charge in [-0.25, -0.2) is 0 Å². The average molecular weight is 437 g/mol. The van der Waals surface area contributed by atoms with Crippen LogP contribution in [-0.4, -0.2) is 9.82 Å². The van der Waals surface area contributed by atoms with E-state index in [0.717, 1.165) is 24.3 Å². The highest BCUT2D eigenvalue weighted by Crippen LogP contribution is 2.40. The summed E-state index contributed by atoms with van der Waals surface area (Å²) < 4.78 is 55.5. The van der Waals surface area contributed by atoms with Crippen molar-refractivity contribution in [1.29, 1.82) is 0 Å². The molecule has 0 saturated heterocycles. The van der Waals surface area contributed by atoms with E-state index in [1.54, 1.807) is 6.92 Å². The highest BCUT2D eigenvalue weighted by atomic mass is 35.5. The second kappa shape index (κ2) is 8.43. The van der Waals surface area contributed by atoms with Gasteiger partial charge in [-0.15, -0.1) is 0 Å². The average Bonchev–Trinajstić information content (AvgIpc) is 2.61.